The molecule has 28 heavy (non-hydrogen) atoms. The molecule has 10 heteroatoms. The number of hydrogen-bond donors (Lipinski definition) is 2. The molecule has 4 heterocycles. The van der Waals surface area contributed by atoms with Gasteiger partial charge in [-0.3, -0.25) is 4.79 Å². The molecule has 4 aromatic rings. The minimum atomic E-state index is -0.250. The highest BCUT2D eigenvalue weighted by atomic mass is 16.3. The standard InChI is InChI=1S/C17H18N8.CH2O2/c1-2-6-19-17-20-9-13(10-21-17)16-18-7-8-24(16)11-14-4-3-5-15-22-12-23-25(14)15;2-1-3/h3-5,7-10,12H,2,6,11H2,1H3,(H,19,20,21);1H,(H,2,3). The molecule has 0 aliphatic carbocycles. The van der Waals surface area contributed by atoms with E-state index in [4.69, 9.17) is 9.90 Å². The van der Waals surface area contributed by atoms with Gasteiger partial charge in [-0.1, -0.05) is 13.0 Å². The van der Waals surface area contributed by atoms with E-state index in [0.29, 0.717) is 12.5 Å². The molecule has 0 fully saturated rings. The first kappa shape index (κ1) is 19.0. The number of nitrogens with zero attached hydrogens (tertiary/aromatic N) is 7. The summed E-state index contributed by atoms with van der Waals surface area (Å²) < 4.78 is 3.88. The number of pyridine rings is 1. The minimum absolute atomic E-state index is 0.250. The zero-order valence-electron chi connectivity index (χ0n) is 15.3. The van der Waals surface area contributed by atoms with E-state index in [0.717, 1.165) is 35.7 Å². The van der Waals surface area contributed by atoms with Crippen LogP contribution in [-0.2, 0) is 11.3 Å². The van der Waals surface area contributed by atoms with Crippen LogP contribution in [0.25, 0.3) is 17.0 Å². The third-order valence-corrected chi connectivity index (χ3v) is 3.87. The number of anilines is 1. The van der Waals surface area contributed by atoms with E-state index in [9.17, 15) is 0 Å². The van der Waals surface area contributed by atoms with Crippen molar-refractivity contribution in [3.63, 3.8) is 0 Å². The smallest absolute Gasteiger partial charge is 0.290 e. The first-order chi connectivity index (χ1) is 13.8. The van der Waals surface area contributed by atoms with E-state index >= 15 is 0 Å². The van der Waals surface area contributed by atoms with Crippen LogP contribution in [0.2, 0.25) is 0 Å². The summed E-state index contributed by atoms with van der Waals surface area (Å²) >= 11 is 0. The van der Waals surface area contributed by atoms with Crippen LogP contribution in [-0.4, -0.2) is 52.2 Å². The maximum Gasteiger partial charge on any atom is 0.290 e. The molecule has 0 amide bonds. The van der Waals surface area contributed by atoms with Crippen molar-refractivity contribution in [3.05, 3.63) is 55.0 Å². The van der Waals surface area contributed by atoms with Gasteiger partial charge in [0.25, 0.3) is 6.47 Å². The van der Waals surface area contributed by atoms with Crippen molar-refractivity contribution in [2.75, 3.05) is 11.9 Å². The summed E-state index contributed by atoms with van der Waals surface area (Å²) in [5, 5.41) is 14.3. The van der Waals surface area contributed by atoms with Crippen molar-refractivity contribution in [1.29, 1.82) is 0 Å². The fourth-order valence-corrected chi connectivity index (χ4v) is 2.66. The number of hydrogen-bond acceptors (Lipinski definition) is 7. The van der Waals surface area contributed by atoms with Crippen LogP contribution in [0.1, 0.15) is 19.0 Å². The maximum atomic E-state index is 8.36. The van der Waals surface area contributed by atoms with Gasteiger partial charge < -0.3 is 15.0 Å². The molecular weight excluding hydrogens is 360 g/mol. The summed E-state index contributed by atoms with van der Waals surface area (Å²) in [6.45, 7) is 3.34. The molecule has 10 nitrogen and oxygen atoms in total. The van der Waals surface area contributed by atoms with Crippen LogP contribution in [0, 0.1) is 0 Å². The van der Waals surface area contributed by atoms with Crippen molar-refractivity contribution < 1.29 is 9.90 Å². The van der Waals surface area contributed by atoms with Gasteiger partial charge in [0.15, 0.2) is 5.65 Å². The van der Waals surface area contributed by atoms with Crippen LogP contribution in [0.5, 0.6) is 0 Å². The highest BCUT2D eigenvalue weighted by Crippen LogP contribution is 2.18. The normalized spacial score (nSPS) is 10.3. The third kappa shape index (κ3) is 4.29. The van der Waals surface area contributed by atoms with E-state index in [1.807, 2.05) is 33.5 Å². The van der Waals surface area contributed by atoms with Crippen LogP contribution in [0.4, 0.5) is 5.95 Å². The molecular formula is C18H20N8O2. The topological polar surface area (TPSA) is 123 Å². The molecule has 0 bridgehead atoms. The van der Waals surface area contributed by atoms with Gasteiger partial charge in [-0.15, -0.1) is 0 Å². The van der Waals surface area contributed by atoms with Gasteiger partial charge in [0.1, 0.15) is 12.2 Å². The van der Waals surface area contributed by atoms with E-state index in [1.54, 1.807) is 24.9 Å². The quantitative estimate of drug-likeness (QED) is 0.487. The maximum absolute atomic E-state index is 8.36. The number of nitrogens with one attached hydrogen (secondary N) is 1. The molecule has 0 aliphatic heterocycles. The zero-order chi connectivity index (χ0) is 19.8. The lowest BCUT2D eigenvalue weighted by atomic mass is 10.3. The van der Waals surface area contributed by atoms with Crippen molar-refractivity contribution in [2.24, 2.45) is 0 Å². The van der Waals surface area contributed by atoms with Gasteiger partial charge in [-0.25, -0.2) is 24.5 Å². The summed E-state index contributed by atoms with van der Waals surface area (Å²) in [7, 11) is 0. The average molecular weight is 380 g/mol. The molecule has 0 saturated carbocycles. The predicted molar refractivity (Wildman–Crippen MR) is 103 cm³/mol. The first-order valence-electron chi connectivity index (χ1n) is 8.69. The summed E-state index contributed by atoms with van der Waals surface area (Å²) in [5.41, 5.74) is 2.73. The van der Waals surface area contributed by atoms with E-state index in [-0.39, 0.29) is 6.47 Å². The Labute approximate surface area is 160 Å². The molecule has 144 valence electrons. The van der Waals surface area contributed by atoms with Gasteiger partial charge in [-0.05, 0) is 18.6 Å². The second kappa shape index (κ2) is 9.21. The fourth-order valence-electron chi connectivity index (χ4n) is 2.66. The molecule has 0 aliphatic rings. The lowest BCUT2D eigenvalue weighted by Crippen LogP contribution is -2.07. The van der Waals surface area contributed by atoms with Gasteiger partial charge in [0.05, 0.1) is 17.8 Å². The van der Waals surface area contributed by atoms with E-state index in [1.165, 1.54) is 0 Å². The SMILES string of the molecule is CCCNc1ncc(-c2nccn2Cc2cccc3ncnn23)cn1.O=CO. The zero-order valence-corrected chi connectivity index (χ0v) is 15.3. The Hall–Kier alpha value is -3.82. The fraction of sp³-hybridized carbons (Fsp3) is 0.222. The second-order valence-corrected chi connectivity index (χ2v) is 5.75. The lowest BCUT2D eigenvalue weighted by Gasteiger charge is -2.09. The molecule has 0 saturated heterocycles. The van der Waals surface area contributed by atoms with Crippen molar-refractivity contribution in [3.8, 4) is 11.4 Å². The van der Waals surface area contributed by atoms with E-state index < -0.39 is 0 Å². The number of aromatic nitrogens is 7. The van der Waals surface area contributed by atoms with Gasteiger partial charge in [0, 0.05) is 31.3 Å². The molecule has 0 atom stereocenters. The minimum Gasteiger partial charge on any atom is -0.483 e. The van der Waals surface area contributed by atoms with Gasteiger partial charge in [0.2, 0.25) is 5.95 Å². The molecule has 0 spiro atoms. The Morgan fingerprint density at radius 1 is 1.18 bits per heavy atom. The molecule has 4 aromatic heterocycles. The van der Waals surface area contributed by atoms with Crippen LogP contribution in [0.3, 0.4) is 0 Å². The molecule has 4 rings (SSSR count). The molecule has 0 aromatic carbocycles. The number of fused-ring (bicyclic) bond motifs is 1. The Bertz CT molecular complexity index is 1030. The molecule has 0 unspecified atom stereocenters. The first-order valence-corrected chi connectivity index (χ1v) is 8.69. The highest BCUT2D eigenvalue weighted by Gasteiger charge is 2.10. The highest BCUT2D eigenvalue weighted by molar-refractivity contribution is 5.54. The summed E-state index contributed by atoms with van der Waals surface area (Å²) in [6, 6.07) is 5.94. The predicted octanol–water partition coefficient (Wildman–Crippen LogP) is 1.95. The average Bonchev–Trinajstić information content (AvgIpc) is 3.37. The number of carboxylic acid groups (broad SMARTS) is 1. The van der Waals surface area contributed by atoms with Crippen molar-refractivity contribution in [1.82, 2.24) is 34.1 Å². The van der Waals surface area contributed by atoms with Gasteiger partial charge >= 0.3 is 0 Å². The largest absolute Gasteiger partial charge is 0.483 e. The molecule has 2 N–H and O–H groups in total. The number of imidazole rings is 1. The van der Waals surface area contributed by atoms with Crippen molar-refractivity contribution >= 4 is 18.1 Å². The van der Waals surface area contributed by atoms with Crippen LogP contribution >= 0.6 is 0 Å². The number of carbonyl (C=O) groups is 1. The Kier molecular flexibility index (Phi) is 6.24. The molecule has 0 radical (unpaired) electrons. The van der Waals surface area contributed by atoms with E-state index in [2.05, 4.69) is 37.3 Å². The Morgan fingerprint density at radius 3 is 2.71 bits per heavy atom. The number of rotatable bonds is 6. The third-order valence-electron chi connectivity index (χ3n) is 3.87. The van der Waals surface area contributed by atoms with Crippen LogP contribution in [0.15, 0.2) is 49.3 Å². The Morgan fingerprint density at radius 2 is 1.96 bits per heavy atom. The Balaban J connectivity index is 0.000000706. The van der Waals surface area contributed by atoms with Gasteiger partial charge in [-0.2, -0.15) is 5.10 Å². The van der Waals surface area contributed by atoms with Crippen molar-refractivity contribution in [2.45, 2.75) is 19.9 Å². The summed E-state index contributed by atoms with van der Waals surface area (Å²) in [5.74, 6) is 1.45. The van der Waals surface area contributed by atoms with Crippen LogP contribution < -0.4 is 5.32 Å². The summed E-state index contributed by atoms with van der Waals surface area (Å²) in [4.78, 5) is 25.8. The summed E-state index contributed by atoms with van der Waals surface area (Å²) in [6.07, 6.45) is 9.89. The second-order valence-electron chi connectivity index (χ2n) is 5.75. The monoisotopic (exact) mass is 380 g/mol. The lowest BCUT2D eigenvalue weighted by molar-refractivity contribution is -0.122.